The Bertz CT molecular complexity index is 447. The molecule has 0 aliphatic carbocycles. The van der Waals surface area contributed by atoms with Crippen LogP contribution < -0.4 is 0 Å². The van der Waals surface area contributed by atoms with Gasteiger partial charge in [-0.2, -0.15) is 8.42 Å². The predicted molar refractivity (Wildman–Crippen MR) is 69.8 cm³/mol. The van der Waals surface area contributed by atoms with Gasteiger partial charge in [0.1, 0.15) is 0 Å². The van der Waals surface area contributed by atoms with Gasteiger partial charge < -0.3 is 0 Å². The van der Waals surface area contributed by atoms with Gasteiger partial charge in [-0.05, 0) is 24.0 Å². The van der Waals surface area contributed by atoms with Crippen molar-refractivity contribution in [2.45, 2.75) is 20.3 Å². The minimum atomic E-state index is -3.56. The van der Waals surface area contributed by atoms with Gasteiger partial charge in [0.15, 0.2) is 0 Å². The molecule has 0 aliphatic heterocycles. The third-order valence-corrected chi connectivity index (χ3v) is 3.13. The van der Waals surface area contributed by atoms with Crippen molar-refractivity contribution in [2.75, 3.05) is 6.61 Å². The molecular weight excluding hydrogens is 236 g/mol. The maximum Gasteiger partial charge on any atom is 0.290 e. The van der Waals surface area contributed by atoms with Crippen molar-refractivity contribution < 1.29 is 12.6 Å². The van der Waals surface area contributed by atoms with Gasteiger partial charge in [-0.1, -0.05) is 44.2 Å². The van der Waals surface area contributed by atoms with E-state index in [1.807, 2.05) is 44.2 Å². The van der Waals surface area contributed by atoms with E-state index in [4.69, 9.17) is 4.18 Å². The van der Waals surface area contributed by atoms with Crippen LogP contribution in [0.5, 0.6) is 0 Å². The Morgan fingerprint density at radius 2 is 1.88 bits per heavy atom. The summed E-state index contributed by atoms with van der Waals surface area (Å²) >= 11 is 0. The highest BCUT2D eigenvalue weighted by molar-refractivity contribution is 7.89. The molecule has 3 nitrogen and oxygen atoms in total. The number of benzene rings is 1. The van der Waals surface area contributed by atoms with E-state index in [2.05, 4.69) is 0 Å². The van der Waals surface area contributed by atoms with Crippen molar-refractivity contribution in [3.63, 3.8) is 0 Å². The fourth-order valence-corrected chi connectivity index (χ4v) is 1.90. The Hall–Kier alpha value is -1.13. The molecule has 1 aromatic rings. The van der Waals surface area contributed by atoms with Gasteiger partial charge in [0, 0.05) is 0 Å². The van der Waals surface area contributed by atoms with Gasteiger partial charge in [-0.15, -0.1) is 0 Å². The summed E-state index contributed by atoms with van der Waals surface area (Å²) in [7, 11) is -3.56. The maximum atomic E-state index is 11.5. The summed E-state index contributed by atoms with van der Waals surface area (Å²) in [6.07, 6.45) is 2.27. The first-order valence-electron chi connectivity index (χ1n) is 5.62. The van der Waals surface area contributed by atoms with Crippen molar-refractivity contribution in [1.29, 1.82) is 0 Å². The molecule has 0 radical (unpaired) electrons. The summed E-state index contributed by atoms with van der Waals surface area (Å²) in [4.78, 5) is 0. The summed E-state index contributed by atoms with van der Waals surface area (Å²) in [6, 6.07) is 9.25. The van der Waals surface area contributed by atoms with Crippen molar-refractivity contribution >= 4 is 16.2 Å². The second-order valence-corrected chi connectivity index (χ2v) is 5.70. The van der Waals surface area contributed by atoms with Gasteiger partial charge in [0.25, 0.3) is 10.1 Å². The summed E-state index contributed by atoms with van der Waals surface area (Å²) in [5, 5.41) is 1.10. The molecule has 1 rings (SSSR count). The van der Waals surface area contributed by atoms with Crippen LogP contribution in [0.3, 0.4) is 0 Å². The SMILES string of the molecule is CC(C)CCOS(=O)(=O)C=Cc1ccccc1. The molecule has 94 valence electrons. The first kappa shape index (κ1) is 13.9. The van der Waals surface area contributed by atoms with E-state index in [1.54, 1.807) is 0 Å². The van der Waals surface area contributed by atoms with Gasteiger partial charge in [-0.3, -0.25) is 4.18 Å². The number of hydrogen-bond donors (Lipinski definition) is 0. The molecule has 1 aromatic carbocycles. The van der Waals surface area contributed by atoms with E-state index >= 15 is 0 Å². The van der Waals surface area contributed by atoms with Crippen molar-refractivity contribution in [1.82, 2.24) is 0 Å². The fourth-order valence-electron chi connectivity index (χ4n) is 1.17. The minimum absolute atomic E-state index is 0.235. The van der Waals surface area contributed by atoms with Crippen molar-refractivity contribution in [3.8, 4) is 0 Å². The molecule has 17 heavy (non-hydrogen) atoms. The largest absolute Gasteiger partial charge is 0.290 e. The lowest BCUT2D eigenvalue weighted by molar-refractivity contribution is 0.297. The number of rotatable bonds is 6. The molecule has 0 amide bonds. The zero-order valence-corrected chi connectivity index (χ0v) is 11.0. The van der Waals surface area contributed by atoms with Crippen LogP contribution in [0.25, 0.3) is 6.08 Å². The predicted octanol–water partition coefficient (Wildman–Crippen LogP) is 3.05. The molecule has 0 aromatic heterocycles. The van der Waals surface area contributed by atoms with Crippen LogP contribution in [0.4, 0.5) is 0 Å². The Morgan fingerprint density at radius 1 is 1.24 bits per heavy atom. The zero-order chi connectivity index (χ0) is 12.7. The van der Waals surface area contributed by atoms with E-state index in [1.165, 1.54) is 6.08 Å². The average Bonchev–Trinajstić information content (AvgIpc) is 2.27. The zero-order valence-electron chi connectivity index (χ0n) is 10.2. The highest BCUT2D eigenvalue weighted by Gasteiger charge is 2.06. The van der Waals surface area contributed by atoms with Crippen molar-refractivity contribution in [3.05, 3.63) is 41.3 Å². The lowest BCUT2D eigenvalue weighted by Crippen LogP contribution is -2.05. The third-order valence-electron chi connectivity index (χ3n) is 2.17. The quantitative estimate of drug-likeness (QED) is 0.733. The average molecular weight is 254 g/mol. The lowest BCUT2D eigenvalue weighted by atomic mass is 10.2. The van der Waals surface area contributed by atoms with E-state index in [9.17, 15) is 8.42 Å². The normalized spacial score (nSPS) is 12.4. The molecule has 0 N–H and O–H groups in total. The van der Waals surface area contributed by atoms with E-state index in [0.717, 1.165) is 17.4 Å². The molecule has 0 bridgehead atoms. The minimum Gasteiger partial charge on any atom is -0.267 e. The smallest absolute Gasteiger partial charge is 0.267 e. The molecule has 4 heteroatoms. The van der Waals surface area contributed by atoms with Crippen LogP contribution in [-0.2, 0) is 14.3 Å². The van der Waals surface area contributed by atoms with Crippen LogP contribution in [0.15, 0.2) is 35.7 Å². The standard InChI is InChI=1S/C13H18O3S/c1-12(2)8-10-16-17(14,15)11-9-13-6-4-3-5-7-13/h3-7,9,11-12H,8,10H2,1-2H3. The topological polar surface area (TPSA) is 43.4 Å². The molecule has 0 saturated carbocycles. The molecule has 0 saturated heterocycles. The molecule has 0 heterocycles. The number of hydrogen-bond acceptors (Lipinski definition) is 3. The molecule has 0 unspecified atom stereocenters. The Labute approximate surface area is 103 Å². The van der Waals surface area contributed by atoms with Gasteiger partial charge in [-0.25, -0.2) is 0 Å². The molecule has 0 atom stereocenters. The van der Waals surface area contributed by atoms with Crippen LogP contribution in [-0.4, -0.2) is 15.0 Å². The monoisotopic (exact) mass is 254 g/mol. The summed E-state index contributed by atoms with van der Waals surface area (Å²) < 4.78 is 27.8. The molecule has 0 fully saturated rings. The third kappa shape index (κ3) is 6.24. The van der Waals surface area contributed by atoms with Gasteiger partial charge in [0.2, 0.25) is 0 Å². The van der Waals surface area contributed by atoms with E-state index < -0.39 is 10.1 Å². The highest BCUT2D eigenvalue weighted by Crippen LogP contribution is 2.06. The fraction of sp³-hybridized carbons (Fsp3) is 0.385. The Balaban J connectivity index is 2.52. The van der Waals surface area contributed by atoms with Crippen LogP contribution >= 0.6 is 0 Å². The van der Waals surface area contributed by atoms with Crippen molar-refractivity contribution in [2.24, 2.45) is 5.92 Å². The summed E-state index contributed by atoms with van der Waals surface area (Å²) in [5.41, 5.74) is 0.837. The molecule has 0 aliphatic rings. The van der Waals surface area contributed by atoms with Gasteiger partial charge >= 0.3 is 0 Å². The highest BCUT2D eigenvalue weighted by atomic mass is 32.2. The van der Waals surface area contributed by atoms with Crippen LogP contribution in [0.1, 0.15) is 25.8 Å². The summed E-state index contributed by atoms with van der Waals surface area (Å²) in [6.45, 7) is 4.28. The lowest BCUT2D eigenvalue weighted by Gasteiger charge is -2.04. The second kappa shape index (κ2) is 6.57. The van der Waals surface area contributed by atoms with Crippen LogP contribution in [0.2, 0.25) is 0 Å². The Morgan fingerprint density at radius 3 is 2.47 bits per heavy atom. The van der Waals surface area contributed by atoms with Crippen LogP contribution in [0, 0.1) is 5.92 Å². The molecule has 0 spiro atoms. The second-order valence-electron chi connectivity index (χ2n) is 4.21. The molecular formula is C13H18O3S. The van der Waals surface area contributed by atoms with E-state index in [0.29, 0.717) is 5.92 Å². The maximum absolute atomic E-state index is 11.5. The Kier molecular flexibility index (Phi) is 5.38. The van der Waals surface area contributed by atoms with Gasteiger partial charge in [0.05, 0.1) is 12.0 Å². The first-order valence-corrected chi connectivity index (χ1v) is 7.09. The summed E-state index contributed by atoms with van der Waals surface area (Å²) in [5.74, 6) is 0.434. The van der Waals surface area contributed by atoms with E-state index in [-0.39, 0.29) is 6.61 Å². The first-order chi connectivity index (χ1) is 7.99.